The molecule has 2 aromatic heterocycles. The topological polar surface area (TPSA) is 51.4 Å². The van der Waals surface area contributed by atoms with Gasteiger partial charge in [0.15, 0.2) is 14.8 Å². The number of imidazole rings is 1. The van der Waals surface area contributed by atoms with Gasteiger partial charge in [0.2, 0.25) is 0 Å². The Morgan fingerprint density at radius 1 is 1.12 bits per heavy atom. The monoisotopic (exact) mass is 420 g/mol. The minimum atomic E-state index is -3.21. The van der Waals surface area contributed by atoms with Crippen LogP contribution in [0.4, 0.5) is 0 Å². The molecule has 7 heteroatoms. The van der Waals surface area contributed by atoms with Crippen LogP contribution in [0, 0.1) is 6.92 Å². The summed E-state index contributed by atoms with van der Waals surface area (Å²) in [6.07, 6.45) is 1.23. The highest BCUT2D eigenvalue weighted by Gasteiger charge is 2.17. The summed E-state index contributed by atoms with van der Waals surface area (Å²) in [7, 11) is -3.21. The fraction of sp³-hybridized carbons (Fsp3) is 0.118. The molecule has 0 aliphatic carbocycles. The number of fused-ring (bicyclic) bond motifs is 3. The van der Waals surface area contributed by atoms with E-state index in [-0.39, 0.29) is 0 Å². The Kier molecular flexibility index (Phi) is 3.56. The number of rotatable bonds is 2. The van der Waals surface area contributed by atoms with Gasteiger partial charge >= 0.3 is 0 Å². The van der Waals surface area contributed by atoms with Gasteiger partial charge in [0, 0.05) is 22.0 Å². The molecule has 4 aromatic rings. The van der Waals surface area contributed by atoms with E-state index in [9.17, 15) is 8.42 Å². The number of thiazole rings is 1. The minimum absolute atomic E-state index is 0.338. The second-order valence-corrected chi connectivity index (χ2v) is 9.61. The Labute approximate surface area is 151 Å². The van der Waals surface area contributed by atoms with Crippen LogP contribution >= 0.6 is 27.3 Å². The zero-order valence-corrected chi connectivity index (χ0v) is 16.2. The van der Waals surface area contributed by atoms with E-state index in [2.05, 4.69) is 20.3 Å². The summed E-state index contributed by atoms with van der Waals surface area (Å²) in [5, 5.41) is 0. The fourth-order valence-corrected chi connectivity index (χ4v) is 4.90. The molecule has 0 N–H and O–H groups in total. The molecule has 0 amide bonds. The molecule has 0 fully saturated rings. The van der Waals surface area contributed by atoms with Crippen molar-refractivity contribution in [2.75, 3.05) is 6.26 Å². The predicted molar refractivity (Wildman–Crippen MR) is 102 cm³/mol. The van der Waals surface area contributed by atoms with E-state index >= 15 is 0 Å². The van der Waals surface area contributed by atoms with Gasteiger partial charge in [-0.1, -0.05) is 39.4 Å². The van der Waals surface area contributed by atoms with E-state index in [0.717, 1.165) is 36.6 Å². The Morgan fingerprint density at radius 3 is 2.50 bits per heavy atom. The van der Waals surface area contributed by atoms with Gasteiger partial charge in [-0.25, -0.2) is 13.4 Å². The molecule has 0 bridgehead atoms. The van der Waals surface area contributed by atoms with Crippen LogP contribution in [0.1, 0.15) is 5.69 Å². The van der Waals surface area contributed by atoms with Crippen LogP contribution in [0.3, 0.4) is 0 Å². The Morgan fingerprint density at radius 2 is 1.83 bits per heavy atom. The first kappa shape index (κ1) is 15.8. The van der Waals surface area contributed by atoms with Gasteiger partial charge in [-0.3, -0.25) is 4.40 Å². The van der Waals surface area contributed by atoms with Crippen molar-refractivity contribution < 1.29 is 8.42 Å². The molecule has 0 radical (unpaired) electrons. The second-order valence-electron chi connectivity index (χ2n) is 5.67. The Hall–Kier alpha value is -1.70. The van der Waals surface area contributed by atoms with Gasteiger partial charge in [0.05, 0.1) is 20.8 Å². The number of halogens is 1. The third-order valence-corrected chi connectivity index (χ3v) is 6.64. The summed E-state index contributed by atoms with van der Waals surface area (Å²) >= 11 is 4.95. The van der Waals surface area contributed by atoms with Crippen LogP contribution in [0.5, 0.6) is 0 Å². The zero-order chi connectivity index (χ0) is 17.1. The van der Waals surface area contributed by atoms with E-state index in [1.165, 1.54) is 17.6 Å². The summed E-state index contributed by atoms with van der Waals surface area (Å²) in [5.74, 6) is 0. The number of aryl methyl sites for hydroxylation is 1. The van der Waals surface area contributed by atoms with Crippen LogP contribution < -0.4 is 0 Å². The number of hydrogen-bond acceptors (Lipinski definition) is 4. The zero-order valence-electron chi connectivity index (χ0n) is 12.9. The third-order valence-electron chi connectivity index (χ3n) is 4.00. The molecule has 2 heterocycles. The van der Waals surface area contributed by atoms with Crippen LogP contribution in [-0.4, -0.2) is 24.1 Å². The molecule has 0 aliphatic rings. The van der Waals surface area contributed by atoms with Gasteiger partial charge in [-0.05, 0) is 37.3 Å². The predicted octanol–water partition coefficient (Wildman–Crippen LogP) is 4.69. The van der Waals surface area contributed by atoms with Crippen molar-refractivity contribution in [1.29, 1.82) is 0 Å². The van der Waals surface area contributed by atoms with Crippen molar-refractivity contribution >= 4 is 52.3 Å². The third kappa shape index (κ3) is 2.47. The van der Waals surface area contributed by atoms with Crippen molar-refractivity contribution in [3.63, 3.8) is 0 Å². The largest absolute Gasteiger partial charge is 0.287 e. The quantitative estimate of drug-likeness (QED) is 0.472. The lowest BCUT2D eigenvalue weighted by atomic mass is 10.1. The molecule has 2 aromatic carbocycles. The number of aromatic nitrogens is 2. The van der Waals surface area contributed by atoms with Gasteiger partial charge in [-0.15, -0.1) is 0 Å². The number of hydrogen-bond donors (Lipinski definition) is 0. The fourth-order valence-electron chi connectivity index (χ4n) is 2.80. The highest BCUT2D eigenvalue weighted by Crippen LogP contribution is 2.34. The van der Waals surface area contributed by atoms with Gasteiger partial charge < -0.3 is 0 Å². The van der Waals surface area contributed by atoms with Crippen LogP contribution in [-0.2, 0) is 9.84 Å². The Bertz CT molecular complexity index is 1190. The first-order valence-corrected chi connectivity index (χ1v) is 10.7. The highest BCUT2D eigenvalue weighted by molar-refractivity contribution is 9.10. The van der Waals surface area contributed by atoms with Crippen molar-refractivity contribution in [2.24, 2.45) is 0 Å². The SMILES string of the molecule is Cc1c(-c2ccc(Br)cc2)nc2sc3cc(S(C)(=O)=O)ccc3n12. The first-order valence-electron chi connectivity index (χ1n) is 7.22. The average Bonchev–Trinajstić information content (AvgIpc) is 3.03. The summed E-state index contributed by atoms with van der Waals surface area (Å²) in [5.41, 5.74) is 4.04. The lowest BCUT2D eigenvalue weighted by molar-refractivity contribution is 0.602. The van der Waals surface area contributed by atoms with E-state index < -0.39 is 9.84 Å². The normalized spacial score (nSPS) is 12.3. The average molecular weight is 421 g/mol. The standard InChI is InChI=1S/C17H13BrN2O2S2/c1-10-16(11-3-5-12(18)6-4-11)19-17-20(10)14-8-7-13(24(2,21)22)9-15(14)23-17/h3-9H,1-2H3. The van der Waals surface area contributed by atoms with Crippen LogP contribution in [0.15, 0.2) is 51.8 Å². The lowest BCUT2D eigenvalue weighted by Crippen LogP contribution is -1.96. The molecule has 0 saturated heterocycles. The highest BCUT2D eigenvalue weighted by atomic mass is 79.9. The number of benzene rings is 2. The molecule has 4 nitrogen and oxygen atoms in total. The molecule has 4 rings (SSSR count). The van der Waals surface area contributed by atoms with Crippen molar-refractivity contribution in [2.45, 2.75) is 11.8 Å². The van der Waals surface area contributed by atoms with E-state index in [1.807, 2.05) is 37.3 Å². The van der Waals surface area contributed by atoms with Crippen molar-refractivity contribution in [1.82, 2.24) is 9.38 Å². The number of nitrogens with zero attached hydrogens (tertiary/aromatic N) is 2. The molecule has 0 unspecified atom stereocenters. The Balaban J connectivity index is 1.96. The molecule has 0 saturated carbocycles. The lowest BCUT2D eigenvalue weighted by Gasteiger charge is -2.02. The van der Waals surface area contributed by atoms with E-state index in [4.69, 9.17) is 4.98 Å². The molecule has 0 atom stereocenters. The first-order chi connectivity index (χ1) is 11.3. The van der Waals surface area contributed by atoms with Gasteiger partial charge in [0.25, 0.3) is 0 Å². The second kappa shape index (κ2) is 5.40. The smallest absolute Gasteiger partial charge is 0.195 e. The number of sulfone groups is 1. The maximum Gasteiger partial charge on any atom is 0.195 e. The van der Waals surface area contributed by atoms with Crippen molar-refractivity contribution in [3.8, 4) is 11.3 Å². The molecule has 0 spiro atoms. The van der Waals surface area contributed by atoms with E-state index in [0.29, 0.717) is 4.90 Å². The van der Waals surface area contributed by atoms with Crippen LogP contribution in [0.25, 0.3) is 26.4 Å². The molecule has 24 heavy (non-hydrogen) atoms. The van der Waals surface area contributed by atoms with Gasteiger partial charge in [-0.2, -0.15) is 0 Å². The molecule has 122 valence electrons. The van der Waals surface area contributed by atoms with E-state index in [1.54, 1.807) is 12.1 Å². The summed E-state index contributed by atoms with van der Waals surface area (Å²) in [6.45, 7) is 2.04. The maximum absolute atomic E-state index is 11.7. The van der Waals surface area contributed by atoms with Crippen LogP contribution in [0.2, 0.25) is 0 Å². The minimum Gasteiger partial charge on any atom is -0.287 e. The maximum atomic E-state index is 11.7. The van der Waals surface area contributed by atoms with Crippen molar-refractivity contribution in [3.05, 3.63) is 52.6 Å². The summed E-state index contributed by atoms with van der Waals surface area (Å²) < 4.78 is 27.5. The molecular formula is C17H13BrN2O2S2. The summed E-state index contributed by atoms with van der Waals surface area (Å²) in [4.78, 5) is 5.96. The molecule has 0 aliphatic heterocycles. The van der Waals surface area contributed by atoms with Gasteiger partial charge in [0.1, 0.15) is 0 Å². The summed E-state index contributed by atoms with van der Waals surface area (Å²) in [6, 6.07) is 13.3. The molecular weight excluding hydrogens is 408 g/mol.